The van der Waals surface area contributed by atoms with Crippen molar-refractivity contribution in [1.82, 2.24) is 10.0 Å². The van der Waals surface area contributed by atoms with Crippen molar-refractivity contribution in [2.24, 2.45) is 0 Å². The van der Waals surface area contributed by atoms with E-state index in [0.717, 1.165) is 30.5 Å². The van der Waals surface area contributed by atoms with Crippen LogP contribution in [0.3, 0.4) is 0 Å². The zero-order chi connectivity index (χ0) is 16.6. The van der Waals surface area contributed by atoms with E-state index in [1.807, 2.05) is 32.0 Å². The average Bonchev–Trinajstić information content (AvgIpc) is 2.42. The minimum atomic E-state index is -3.10. The summed E-state index contributed by atoms with van der Waals surface area (Å²) in [6, 6.07) is 5.84. The van der Waals surface area contributed by atoms with Crippen molar-refractivity contribution in [2.45, 2.75) is 32.9 Å². The van der Waals surface area contributed by atoms with Gasteiger partial charge in [0.15, 0.2) is 11.5 Å². The van der Waals surface area contributed by atoms with Crippen LogP contribution >= 0.6 is 0 Å². The lowest BCUT2D eigenvalue weighted by Gasteiger charge is -2.14. The number of ether oxygens (including phenoxy) is 2. The molecule has 2 N–H and O–H groups in total. The summed E-state index contributed by atoms with van der Waals surface area (Å²) in [6.07, 6.45) is 1.99. The van der Waals surface area contributed by atoms with Crippen LogP contribution in [0.2, 0.25) is 0 Å². The van der Waals surface area contributed by atoms with E-state index in [1.165, 1.54) is 0 Å². The molecule has 22 heavy (non-hydrogen) atoms. The Morgan fingerprint density at radius 1 is 1.18 bits per heavy atom. The van der Waals surface area contributed by atoms with E-state index in [2.05, 4.69) is 10.0 Å². The topological polar surface area (TPSA) is 76.7 Å². The molecule has 7 heteroatoms. The first kappa shape index (κ1) is 18.7. The number of hydrogen-bond acceptors (Lipinski definition) is 5. The number of hydrogen-bond donors (Lipinski definition) is 2. The summed E-state index contributed by atoms with van der Waals surface area (Å²) in [7, 11) is -1.47. The second kappa shape index (κ2) is 8.97. The summed E-state index contributed by atoms with van der Waals surface area (Å²) in [5, 5.41) is 3.27. The Balaban J connectivity index is 2.40. The van der Waals surface area contributed by atoms with Crippen LogP contribution in [0.25, 0.3) is 0 Å². The van der Waals surface area contributed by atoms with E-state index < -0.39 is 10.0 Å². The van der Waals surface area contributed by atoms with Crippen molar-refractivity contribution < 1.29 is 17.9 Å². The molecule has 0 aliphatic carbocycles. The fourth-order valence-electron chi connectivity index (χ4n) is 1.88. The zero-order valence-corrected chi connectivity index (χ0v) is 14.5. The van der Waals surface area contributed by atoms with Crippen LogP contribution in [0.15, 0.2) is 18.2 Å². The predicted octanol–water partition coefficient (Wildman–Crippen LogP) is 1.51. The maximum atomic E-state index is 10.9. The molecule has 0 unspecified atom stereocenters. The van der Waals surface area contributed by atoms with Crippen molar-refractivity contribution >= 4 is 10.0 Å². The molecule has 1 rings (SSSR count). The molecule has 126 valence electrons. The molecule has 0 radical (unpaired) electrons. The Morgan fingerprint density at radius 3 is 2.50 bits per heavy atom. The van der Waals surface area contributed by atoms with Gasteiger partial charge in [0.05, 0.1) is 19.5 Å². The van der Waals surface area contributed by atoms with E-state index in [1.54, 1.807) is 7.11 Å². The molecule has 0 fully saturated rings. The Labute approximate surface area is 133 Å². The largest absolute Gasteiger partial charge is 0.493 e. The second-order valence-corrected chi connectivity index (χ2v) is 7.18. The molecule has 0 saturated carbocycles. The van der Waals surface area contributed by atoms with Gasteiger partial charge >= 0.3 is 0 Å². The lowest BCUT2D eigenvalue weighted by atomic mass is 10.2. The van der Waals surface area contributed by atoms with Gasteiger partial charge in [-0.1, -0.05) is 6.07 Å². The average molecular weight is 330 g/mol. The first-order chi connectivity index (χ1) is 10.3. The van der Waals surface area contributed by atoms with Gasteiger partial charge < -0.3 is 14.8 Å². The highest BCUT2D eigenvalue weighted by molar-refractivity contribution is 7.88. The van der Waals surface area contributed by atoms with E-state index >= 15 is 0 Å². The van der Waals surface area contributed by atoms with Crippen molar-refractivity contribution in [3.8, 4) is 11.5 Å². The number of benzene rings is 1. The Bertz CT molecular complexity index is 559. The van der Waals surface area contributed by atoms with Gasteiger partial charge in [0, 0.05) is 13.1 Å². The molecule has 0 bridgehead atoms. The molecule has 6 nitrogen and oxygen atoms in total. The number of nitrogens with one attached hydrogen (secondary N) is 2. The molecule has 1 aromatic carbocycles. The molecule has 0 aromatic heterocycles. The van der Waals surface area contributed by atoms with E-state index in [9.17, 15) is 8.42 Å². The highest BCUT2D eigenvalue weighted by atomic mass is 32.2. The summed E-state index contributed by atoms with van der Waals surface area (Å²) < 4.78 is 35.3. The van der Waals surface area contributed by atoms with Crippen molar-refractivity contribution in [2.75, 3.05) is 26.5 Å². The van der Waals surface area contributed by atoms with Crippen LogP contribution in [-0.4, -0.2) is 41.0 Å². The van der Waals surface area contributed by atoms with Crippen LogP contribution in [0.1, 0.15) is 25.8 Å². The molecule has 0 atom stereocenters. The van der Waals surface area contributed by atoms with Gasteiger partial charge in [0.25, 0.3) is 0 Å². The summed E-state index contributed by atoms with van der Waals surface area (Å²) in [5.74, 6) is 1.45. The van der Waals surface area contributed by atoms with Gasteiger partial charge in [-0.3, -0.25) is 0 Å². The molecule has 0 spiro atoms. The van der Waals surface area contributed by atoms with E-state index in [-0.39, 0.29) is 6.10 Å². The third-order valence-corrected chi connectivity index (χ3v) is 3.54. The van der Waals surface area contributed by atoms with Crippen molar-refractivity contribution in [3.63, 3.8) is 0 Å². The van der Waals surface area contributed by atoms with Crippen molar-refractivity contribution in [3.05, 3.63) is 23.8 Å². The molecule has 0 amide bonds. The maximum absolute atomic E-state index is 10.9. The normalized spacial score (nSPS) is 11.7. The maximum Gasteiger partial charge on any atom is 0.208 e. The number of rotatable bonds is 10. The minimum absolute atomic E-state index is 0.0974. The van der Waals surface area contributed by atoms with Gasteiger partial charge in [0.2, 0.25) is 10.0 Å². The lowest BCUT2D eigenvalue weighted by Crippen LogP contribution is -2.26. The van der Waals surface area contributed by atoms with Crippen LogP contribution in [0.4, 0.5) is 0 Å². The summed E-state index contributed by atoms with van der Waals surface area (Å²) >= 11 is 0. The molecule has 0 aliphatic rings. The molecular weight excluding hydrogens is 304 g/mol. The Hall–Kier alpha value is -1.31. The fourth-order valence-corrected chi connectivity index (χ4v) is 2.39. The molecular formula is C15H26N2O4S. The van der Waals surface area contributed by atoms with Gasteiger partial charge in [-0.2, -0.15) is 0 Å². The Kier molecular flexibility index (Phi) is 7.64. The zero-order valence-electron chi connectivity index (χ0n) is 13.7. The summed E-state index contributed by atoms with van der Waals surface area (Å²) in [4.78, 5) is 0. The van der Waals surface area contributed by atoms with Crippen LogP contribution in [0, 0.1) is 0 Å². The molecule has 0 heterocycles. The molecule has 1 aromatic rings. The van der Waals surface area contributed by atoms with Gasteiger partial charge in [-0.05, 0) is 44.5 Å². The third kappa shape index (κ3) is 7.63. The van der Waals surface area contributed by atoms with Crippen molar-refractivity contribution in [1.29, 1.82) is 0 Å². The quantitative estimate of drug-likeness (QED) is 0.636. The second-order valence-electron chi connectivity index (χ2n) is 5.35. The van der Waals surface area contributed by atoms with Crippen LogP contribution in [-0.2, 0) is 16.6 Å². The van der Waals surface area contributed by atoms with E-state index in [0.29, 0.717) is 18.8 Å². The van der Waals surface area contributed by atoms with Crippen LogP contribution < -0.4 is 19.5 Å². The van der Waals surface area contributed by atoms with Gasteiger partial charge in [-0.15, -0.1) is 0 Å². The standard InChI is InChI=1S/C15H26N2O4S/c1-12(2)21-14-7-6-13(10-15(14)20-3)11-16-8-5-9-17-22(4,18)19/h6-7,10,12,16-17H,5,8-9,11H2,1-4H3. The third-order valence-electron chi connectivity index (χ3n) is 2.81. The highest BCUT2D eigenvalue weighted by Crippen LogP contribution is 2.28. The predicted molar refractivity (Wildman–Crippen MR) is 87.9 cm³/mol. The monoisotopic (exact) mass is 330 g/mol. The van der Waals surface area contributed by atoms with E-state index in [4.69, 9.17) is 9.47 Å². The smallest absolute Gasteiger partial charge is 0.208 e. The molecule has 0 saturated heterocycles. The Morgan fingerprint density at radius 2 is 1.91 bits per heavy atom. The minimum Gasteiger partial charge on any atom is -0.493 e. The first-order valence-electron chi connectivity index (χ1n) is 7.30. The summed E-state index contributed by atoms with van der Waals surface area (Å²) in [6.45, 7) is 5.81. The highest BCUT2D eigenvalue weighted by Gasteiger charge is 2.07. The summed E-state index contributed by atoms with van der Waals surface area (Å²) in [5.41, 5.74) is 1.09. The fraction of sp³-hybridized carbons (Fsp3) is 0.600. The molecule has 0 aliphatic heterocycles. The SMILES string of the molecule is COc1cc(CNCCCNS(C)(=O)=O)ccc1OC(C)C. The van der Waals surface area contributed by atoms with Gasteiger partial charge in [0.1, 0.15) is 0 Å². The first-order valence-corrected chi connectivity index (χ1v) is 9.20. The van der Waals surface area contributed by atoms with Gasteiger partial charge in [-0.25, -0.2) is 13.1 Å². The number of sulfonamides is 1. The lowest BCUT2D eigenvalue weighted by molar-refractivity contribution is 0.230. The van der Waals surface area contributed by atoms with Crippen LogP contribution in [0.5, 0.6) is 11.5 Å². The number of methoxy groups -OCH3 is 1.